The summed E-state index contributed by atoms with van der Waals surface area (Å²) in [5.41, 5.74) is 2.20. The number of benzene rings is 2. The maximum Gasteiger partial charge on any atom is 0.248 e. The van der Waals surface area contributed by atoms with Crippen LogP contribution in [0.1, 0.15) is 17.2 Å². The SMILES string of the molecule is O=C(Nc1nnc(SCc2ccccc2)s1)C(c1ccccc1)N1CCOCC1. The van der Waals surface area contributed by atoms with Crippen molar-refractivity contribution in [3.63, 3.8) is 0 Å². The quantitative estimate of drug-likeness (QED) is 0.457. The number of morpholine rings is 1. The van der Waals surface area contributed by atoms with Crippen LogP contribution in [0.3, 0.4) is 0 Å². The molecule has 0 aliphatic carbocycles. The molecule has 1 saturated heterocycles. The van der Waals surface area contributed by atoms with Crippen LogP contribution in [0.2, 0.25) is 0 Å². The van der Waals surface area contributed by atoms with E-state index in [1.54, 1.807) is 11.8 Å². The van der Waals surface area contributed by atoms with Gasteiger partial charge in [0.1, 0.15) is 6.04 Å². The molecule has 2 heterocycles. The van der Waals surface area contributed by atoms with Gasteiger partial charge in [-0.25, -0.2) is 0 Å². The van der Waals surface area contributed by atoms with Crippen molar-refractivity contribution in [1.82, 2.24) is 15.1 Å². The van der Waals surface area contributed by atoms with Crippen LogP contribution in [0, 0.1) is 0 Å². The van der Waals surface area contributed by atoms with Gasteiger partial charge in [0.15, 0.2) is 4.34 Å². The van der Waals surface area contributed by atoms with Gasteiger partial charge in [-0.05, 0) is 11.1 Å². The van der Waals surface area contributed by atoms with E-state index in [2.05, 4.69) is 32.5 Å². The molecule has 1 atom stereocenters. The van der Waals surface area contributed by atoms with Gasteiger partial charge in [-0.2, -0.15) is 0 Å². The summed E-state index contributed by atoms with van der Waals surface area (Å²) >= 11 is 3.03. The van der Waals surface area contributed by atoms with Gasteiger partial charge in [0.25, 0.3) is 0 Å². The lowest BCUT2D eigenvalue weighted by atomic mass is 10.0. The van der Waals surface area contributed by atoms with E-state index in [-0.39, 0.29) is 11.9 Å². The predicted molar refractivity (Wildman–Crippen MR) is 116 cm³/mol. The van der Waals surface area contributed by atoms with E-state index in [0.29, 0.717) is 18.3 Å². The van der Waals surface area contributed by atoms with Crippen LogP contribution in [0.4, 0.5) is 5.13 Å². The Morgan fingerprint density at radius 3 is 2.48 bits per heavy atom. The Hall–Kier alpha value is -2.26. The molecule has 1 aliphatic heterocycles. The Balaban J connectivity index is 1.43. The van der Waals surface area contributed by atoms with Crippen molar-refractivity contribution in [2.24, 2.45) is 0 Å². The second kappa shape index (κ2) is 9.98. The van der Waals surface area contributed by atoms with Crippen LogP contribution in [0.25, 0.3) is 0 Å². The standard InChI is InChI=1S/C21H22N4O2S2/c26-19(18(17-9-5-2-6-10-17)25-11-13-27-14-12-25)22-20-23-24-21(29-20)28-15-16-7-3-1-4-8-16/h1-10,18H,11-15H2,(H,22,23,26). The lowest BCUT2D eigenvalue weighted by Gasteiger charge is -2.33. The number of aromatic nitrogens is 2. The third-order valence-electron chi connectivity index (χ3n) is 4.62. The maximum absolute atomic E-state index is 13.1. The van der Waals surface area contributed by atoms with E-state index in [9.17, 15) is 4.79 Å². The van der Waals surface area contributed by atoms with Crippen molar-refractivity contribution >= 4 is 34.1 Å². The Labute approximate surface area is 178 Å². The highest BCUT2D eigenvalue weighted by Crippen LogP contribution is 2.30. The Morgan fingerprint density at radius 1 is 1.07 bits per heavy atom. The number of thioether (sulfide) groups is 1. The minimum absolute atomic E-state index is 0.0890. The fourth-order valence-electron chi connectivity index (χ4n) is 3.21. The van der Waals surface area contributed by atoms with Crippen molar-refractivity contribution in [3.05, 3.63) is 71.8 Å². The number of hydrogen-bond acceptors (Lipinski definition) is 7. The summed E-state index contributed by atoms with van der Waals surface area (Å²) in [7, 11) is 0. The minimum Gasteiger partial charge on any atom is -0.379 e. The van der Waals surface area contributed by atoms with Gasteiger partial charge in [-0.1, -0.05) is 83.8 Å². The fourth-order valence-corrected chi connectivity index (χ4v) is 4.92. The first kappa shape index (κ1) is 20.0. The first-order valence-electron chi connectivity index (χ1n) is 9.47. The molecular weight excluding hydrogens is 404 g/mol. The zero-order chi connectivity index (χ0) is 19.9. The summed E-state index contributed by atoms with van der Waals surface area (Å²) < 4.78 is 6.29. The number of amides is 1. The van der Waals surface area contributed by atoms with Crippen LogP contribution in [0.5, 0.6) is 0 Å². The molecule has 150 valence electrons. The molecule has 8 heteroatoms. The van der Waals surface area contributed by atoms with Gasteiger partial charge in [0, 0.05) is 18.8 Å². The second-order valence-electron chi connectivity index (χ2n) is 6.60. The third kappa shape index (κ3) is 5.42. The van der Waals surface area contributed by atoms with Gasteiger partial charge in [0.05, 0.1) is 13.2 Å². The van der Waals surface area contributed by atoms with Crippen molar-refractivity contribution in [3.8, 4) is 0 Å². The van der Waals surface area contributed by atoms with Crippen LogP contribution < -0.4 is 5.32 Å². The van der Waals surface area contributed by atoms with Crippen molar-refractivity contribution in [1.29, 1.82) is 0 Å². The first-order chi connectivity index (χ1) is 14.3. The van der Waals surface area contributed by atoms with Gasteiger partial charge in [-0.3, -0.25) is 15.0 Å². The molecule has 1 aromatic heterocycles. The summed E-state index contributed by atoms with van der Waals surface area (Å²) in [6, 6.07) is 19.7. The first-order valence-corrected chi connectivity index (χ1v) is 11.3. The van der Waals surface area contributed by atoms with E-state index in [0.717, 1.165) is 28.7 Å². The van der Waals surface area contributed by atoms with Crippen molar-refractivity contribution < 1.29 is 9.53 Å². The summed E-state index contributed by atoms with van der Waals surface area (Å²) in [5.74, 6) is 0.734. The summed E-state index contributed by atoms with van der Waals surface area (Å²) in [6.07, 6.45) is 0. The zero-order valence-corrected chi connectivity index (χ0v) is 17.5. The molecule has 4 rings (SSSR count). The summed E-state index contributed by atoms with van der Waals surface area (Å²) in [6.45, 7) is 2.72. The molecule has 1 unspecified atom stereocenters. The minimum atomic E-state index is -0.371. The predicted octanol–water partition coefficient (Wildman–Crippen LogP) is 3.84. The molecule has 0 saturated carbocycles. The van der Waals surface area contributed by atoms with Crippen LogP contribution in [-0.4, -0.2) is 47.3 Å². The Bertz CT molecular complexity index is 915. The molecule has 0 spiro atoms. The topological polar surface area (TPSA) is 67.4 Å². The van der Waals surface area contributed by atoms with E-state index >= 15 is 0 Å². The molecule has 0 radical (unpaired) electrons. The van der Waals surface area contributed by atoms with Gasteiger partial charge >= 0.3 is 0 Å². The van der Waals surface area contributed by atoms with E-state index in [4.69, 9.17) is 4.74 Å². The largest absolute Gasteiger partial charge is 0.379 e. The highest BCUT2D eigenvalue weighted by atomic mass is 32.2. The van der Waals surface area contributed by atoms with Crippen molar-refractivity contribution in [2.45, 2.75) is 16.1 Å². The van der Waals surface area contributed by atoms with Gasteiger partial charge in [-0.15, -0.1) is 10.2 Å². The highest BCUT2D eigenvalue weighted by molar-refractivity contribution is 8.00. The van der Waals surface area contributed by atoms with Gasteiger partial charge in [0.2, 0.25) is 11.0 Å². The second-order valence-corrected chi connectivity index (χ2v) is 8.80. The monoisotopic (exact) mass is 426 g/mol. The van der Waals surface area contributed by atoms with Gasteiger partial charge < -0.3 is 4.74 Å². The highest BCUT2D eigenvalue weighted by Gasteiger charge is 2.29. The molecule has 1 amide bonds. The lowest BCUT2D eigenvalue weighted by molar-refractivity contribution is -0.123. The molecule has 6 nitrogen and oxygen atoms in total. The van der Waals surface area contributed by atoms with E-state index in [1.807, 2.05) is 48.5 Å². The fraction of sp³-hybridized carbons (Fsp3) is 0.286. The smallest absolute Gasteiger partial charge is 0.248 e. The van der Waals surface area contributed by atoms with E-state index < -0.39 is 0 Å². The number of anilines is 1. The normalized spacial score (nSPS) is 15.7. The molecule has 1 fully saturated rings. The van der Waals surface area contributed by atoms with E-state index in [1.165, 1.54) is 16.9 Å². The molecule has 1 N–H and O–H groups in total. The summed E-state index contributed by atoms with van der Waals surface area (Å²) in [4.78, 5) is 15.3. The summed E-state index contributed by atoms with van der Waals surface area (Å²) in [5, 5.41) is 11.9. The number of nitrogens with zero attached hydrogens (tertiary/aromatic N) is 3. The molecule has 2 aromatic carbocycles. The average molecular weight is 427 g/mol. The number of nitrogens with one attached hydrogen (secondary N) is 1. The number of carbonyl (C=O) groups is 1. The molecule has 1 aliphatic rings. The van der Waals surface area contributed by atoms with Crippen LogP contribution in [0.15, 0.2) is 65.0 Å². The molecular formula is C21H22N4O2S2. The number of carbonyl (C=O) groups excluding carboxylic acids is 1. The third-order valence-corrected chi connectivity index (χ3v) is 6.66. The molecule has 29 heavy (non-hydrogen) atoms. The lowest BCUT2D eigenvalue weighted by Crippen LogP contribution is -2.43. The zero-order valence-electron chi connectivity index (χ0n) is 15.9. The number of ether oxygens (including phenoxy) is 1. The Morgan fingerprint density at radius 2 is 1.76 bits per heavy atom. The Kier molecular flexibility index (Phi) is 6.89. The van der Waals surface area contributed by atoms with Crippen molar-refractivity contribution in [2.75, 3.05) is 31.6 Å². The average Bonchev–Trinajstić information content (AvgIpc) is 3.22. The van der Waals surface area contributed by atoms with Crippen LogP contribution in [-0.2, 0) is 15.3 Å². The number of hydrogen-bond donors (Lipinski definition) is 1. The molecule has 3 aromatic rings. The van der Waals surface area contributed by atoms with Crippen LogP contribution >= 0.6 is 23.1 Å². The maximum atomic E-state index is 13.1. The molecule has 0 bridgehead atoms. The number of rotatable bonds is 7.